The number of carbonyl (C=O) groups is 2. The van der Waals surface area contributed by atoms with Crippen LogP contribution in [0.15, 0.2) is 73.1 Å². The lowest BCUT2D eigenvalue weighted by molar-refractivity contribution is -0.139. The molecule has 41 heavy (non-hydrogen) atoms. The van der Waals surface area contributed by atoms with E-state index in [-0.39, 0.29) is 29.3 Å². The van der Waals surface area contributed by atoms with Crippen LogP contribution < -0.4 is 5.73 Å². The van der Waals surface area contributed by atoms with Crippen molar-refractivity contribution in [2.45, 2.75) is 51.7 Å². The number of aromatic nitrogens is 3. The number of hydrogen-bond acceptors (Lipinski definition) is 5. The Bertz CT molecular complexity index is 1550. The molecule has 0 bridgehead atoms. The summed E-state index contributed by atoms with van der Waals surface area (Å²) in [5, 5.41) is 5.95. The molecule has 2 aromatic carbocycles. The lowest BCUT2D eigenvalue weighted by Crippen LogP contribution is -2.52. The number of halogens is 2. The van der Waals surface area contributed by atoms with E-state index in [1.54, 1.807) is 12.3 Å². The Labute approximate surface area is 250 Å². The highest BCUT2D eigenvalue weighted by molar-refractivity contribution is 6.42. The molecule has 1 amide bonds. The maximum absolute atomic E-state index is 13.5. The Hall–Kier alpha value is -3.52. The first-order chi connectivity index (χ1) is 19.7. The first-order valence-corrected chi connectivity index (χ1v) is 14.3. The van der Waals surface area contributed by atoms with Crippen molar-refractivity contribution in [2.75, 3.05) is 0 Å². The zero-order chi connectivity index (χ0) is 29.3. The zero-order valence-corrected chi connectivity index (χ0v) is 24.6. The molecule has 0 unspecified atom stereocenters. The summed E-state index contributed by atoms with van der Waals surface area (Å²) in [6, 6.07) is 19.9. The number of nitrogens with zero attached hydrogens (tertiary/aromatic N) is 4. The standard InChI is InChI=1S/C31H31Cl2N5O.CH2O/c1-31(2)22(14-30(39)37-18-21-7-4-3-6-19(21)12-29(37)34)13-24(31)28-16-27(20-8-5-11-35-17-20)36-38(28)23-9-10-25(32)26(33)15-23;1-2/h3-11,15-17,22,24,29H,12-14,18,34H2,1-2H3;1H2/t22-,24-,29-;/m1./s1. The van der Waals surface area contributed by atoms with Crippen molar-refractivity contribution >= 4 is 35.9 Å². The van der Waals surface area contributed by atoms with Crippen molar-refractivity contribution in [3.8, 4) is 16.9 Å². The van der Waals surface area contributed by atoms with Gasteiger partial charge in [0.05, 0.1) is 27.6 Å². The van der Waals surface area contributed by atoms with Gasteiger partial charge in [-0.15, -0.1) is 0 Å². The van der Waals surface area contributed by atoms with Crippen LogP contribution in [0.2, 0.25) is 10.0 Å². The van der Waals surface area contributed by atoms with Crippen LogP contribution >= 0.6 is 23.2 Å². The molecule has 6 rings (SSSR count). The number of fused-ring (bicyclic) bond motifs is 1. The van der Waals surface area contributed by atoms with E-state index in [4.69, 9.17) is 38.8 Å². The second-order valence-corrected chi connectivity index (χ2v) is 12.1. The van der Waals surface area contributed by atoms with Gasteiger partial charge in [0.2, 0.25) is 5.91 Å². The van der Waals surface area contributed by atoms with E-state index in [0.29, 0.717) is 29.4 Å². The molecule has 7 nitrogen and oxygen atoms in total. The van der Waals surface area contributed by atoms with Gasteiger partial charge in [0.25, 0.3) is 0 Å². The van der Waals surface area contributed by atoms with Crippen LogP contribution in [-0.4, -0.2) is 38.5 Å². The maximum atomic E-state index is 13.5. The molecule has 1 aliphatic heterocycles. The van der Waals surface area contributed by atoms with Gasteiger partial charge in [-0.05, 0) is 65.3 Å². The Balaban J connectivity index is 0.00000165. The normalized spacial score (nSPS) is 20.8. The first kappa shape index (κ1) is 29.0. The molecular weight excluding hydrogens is 557 g/mol. The maximum Gasteiger partial charge on any atom is 0.224 e. The van der Waals surface area contributed by atoms with Crippen LogP contribution in [0.5, 0.6) is 0 Å². The summed E-state index contributed by atoms with van der Waals surface area (Å²) >= 11 is 12.6. The monoisotopic (exact) mass is 589 g/mol. The van der Waals surface area contributed by atoms with E-state index in [1.807, 2.05) is 59.0 Å². The molecular formula is C32H33Cl2N5O2. The SMILES string of the molecule is C=O.CC1(C)[C@@H](CC(=O)N2Cc3ccccc3C[C@@H]2N)C[C@@H]1c1cc(-c2cccnc2)nn1-c1ccc(Cl)c(Cl)c1. The summed E-state index contributed by atoms with van der Waals surface area (Å²) in [4.78, 5) is 27.6. The topological polar surface area (TPSA) is 94.1 Å². The lowest BCUT2D eigenvalue weighted by atomic mass is 9.52. The van der Waals surface area contributed by atoms with Crippen LogP contribution in [0, 0.1) is 11.3 Å². The molecule has 1 saturated carbocycles. The van der Waals surface area contributed by atoms with E-state index < -0.39 is 0 Å². The smallest absolute Gasteiger partial charge is 0.224 e. The molecule has 0 spiro atoms. The van der Waals surface area contributed by atoms with E-state index in [1.165, 1.54) is 11.1 Å². The third-order valence-electron chi connectivity index (χ3n) is 8.70. The largest absolute Gasteiger partial charge is 0.323 e. The highest BCUT2D eigenvalue weighted by atomic mass is 35.5. The fourth-order valence-electron chi connectivity index (χ4n) is 6.14. The molecule has 0 radical (unpaired) electrons. The number of pyridine rings is 1. The fourth-order valence-corrected chi connectivity index (χ4v) is 6.43. The summed E-state index contributed by atoms with van der Waals surface area (Å²) in [7, 11) is 0. The minimum Gasteiger partial charge on any atom is -0.323 e. The van der Waals surface area contributed by atoms with Crippen molar-refractivity contribution in [1.29, 1.82) is 0 Å². The number of hydrogen-bond donors (Lipinski definition) is 1. The van der Waals surface area contributed by atoms with Gasteiger partial charge in [0.1, 0.15) is 6.79 Å². The van der Waals surface area contributed by atoms with E-state index >= 15 is 0 Å². The molecule has 2 aliphatic rings. The number of amides is 1. The molecule has 212 valence electrons. The summed E-state index contributed by atoms with van der Waals surface area (Å²) in [6.45, 7) is 7.08. The van der Waals surface area contributed by atoms with Gasteiger partial charge in [-0.1, -0.05) is 61.3 Å². The molecule has 4 aromatic rings. The Morgan fingerprint density at radius 1 is 1.05 bits per heavy atom. The molecule has 3 heterocycles. The van der Waals surface area contributed by atoms with E-state index in [0.717, 1.165) is 29.1 Å². The van der Waals surface area contributed by atoms with Gasteiger partial charge in [-0.2, -0.15) is 5.10 Å². The number of rotatable bonds is 5. The Morgan fingerprint density at radius 2 is 1.80 bits per heavy atom. The molecule has 0 saturated heterocycles. The second kappa shape index (κ2) is 11.8. The minimum absolute atomic E-state index is 0.117. The molecule has 2 aromatic heterocycles. The first-order valence-electron chi connectivity index (χ1n) is 13.6. The number of nitrogens with two attached hydrogens (primary N) is 1. The Kier molecular flexibility index (Phi) is 8.32. The predicted octanol–water partition coefficient (Wildman–Crippen LogP) is 6.45. The van der Waals surface area contributed by atoms with Crippen molar-refractivity contribution in [2.24, 2.45) is 17.1 Å². The summed E-state index contributed by atoms with van der Waals surface area (Å²) in [5.41, 5.74) is 12.5. The van der Waals surface area contributed by atoms with Crippen LogP contribution in [0.3, 0.4) is 0 Å². The highest BCUT2D eigenvalue weighted by Crippen LogP contribution is 2.58. The van der Waals surface area contributed by atoms with Gasteiger partial charge in [0, 0.05) is 49.0 Å². The quantitative estimate of drug-likeness (QED) is 0.289. The van der Waals surface area contributed by atoms with Gasteiger partial charge < -0.3 is 15.4 Å². The molecule has 1 fully saturated rings. The minimum atomic E-state index is -0.287. The zero-order valence-electron chi connectivity index (χ0n) is 23.1. The number of benzene rings is 2. The third kappa shape index (κ3) is 5.54. The predicted molar refractivity (Wildman–Crippen MR) is 162 cm³/mol. The second-order valence-electron chi connectivity index (χ2n) is 11.3. The highest BCUT2D eigenvalue weighted by Gasteiger charge is 2.51. The van der Waals surface area contributed by atoms with Gasteiger partial charge in [0.15, 0.2) is 0 Å². The van der Waals surface area contributed by atoms with Gasteiger partial charge >= 0.3 is 0 Å². The average molecular weight is 591 g/mol. The molecule has 2 N–H and O–H groups in total. The average Bonchev–Trinajstić information content (AvgIpc) is 3.42. The molecule has 3 atom stereocenters. The number of carbonyl (C=O) groups excluding carboxylic acids is 2. The van der Waals surface area contributed by atoms with E-state index in [9.17, 15) is 4.79 Å². The van der Waals surface area contributed by atoms with Crippen molar-refractivity contribution in [3.05, 3.63) is 99.9 Å². The molecule has 9 heteroatoms. The van der Waals surface area contributed by atoms with Crippen molar-refractivity contribution in [1.82, 2.24) is 19.7 Å². The molecule has 1 aliphatic carbocycles. The van der Waals surface area contributed by atoms with Crippen molar-refractivity contribution in [3.63, 3.8) is 0 Å². The fraction of sp³-hybridized carbons (Fsp3) is 0.312. The van der Waals surface area contributed by atoms with Crippen LogP contribution in [0.4, 0.5) is 0 Å². The summed E-state index contributed by atoms with van der Waals surface area (Å²) in [6.07, 6.45) is 5.35. The summed E-state index contributed by atoms with van der Waals surface area (Å²) in [5.74, 6) is 0.569. The van der Waals surface area contributed by atoms with Crippen LogP contribution in [-0.2, 0) is 22.6 Å². The van der Waals surface area contributed by atoms with Crippen LogP contribution in [0.25, 0.3) is 16.9 Å². The van der Waals surface area contributed by atoms with Gasteiger partial charge in [-0.3, -0.25) is 9.78 Å². The van der Waals surface area contributed by atoms with Crippen molar-refractivity contribution < 1.29 is 9.59 Å². The van der Waals surface area contributed by atoms with Crippen LogP contribution in [0.1, 0.15) is 49.4 Å². The Morgan fingerprint density at radius 3 is 2.49 bits per heavy atom. The van der Waals surface area contributed by atoms with Gasteiger partial charge in [-0.25, -0.2) is 4.68 Å². The third-order valence-corrected chi connectivity index (χ3v) is 9.44. The lowest BCUT2D eigenvalue weighted by Gasteiger charge is -2.52. The van der Waals surface area contributed by atoms with E-state index in [2.05, 4.69) is 37.0 Å². The summed E-state index contributed by atoms with van der Waals surface area (Å²) < 4.78 is 1.96.